The van der Waals surface area contributed by atoms with E-state index in [1.54, 1.807) is 38.2 Å². The third-order valence-corrected chi connectivity index (χ3v) is 8.86. The summed E-state index contributed by atoms with van der Waals surface area (Å²) >= 11 is 6.19. The molecule has 3 aromatic rings. The Balaban J connectivity index is 1.39. The van der Waals surface area contributed by atoms with E-state index in [4.69, 9.17) is 11.6 Å². The van der Waals surface area contributed by atoms with Crippen molar-refractivity contribution in [1.29, 1.82) is 5.26 Å². The van der Waals surface area contributed by atoms with E-state index >= 15 is 0 Å². The highest BCUT2D eigenvalue weighted by atomic mass is 35.5. The van der Waals surface area contributed by atoms with Gasteiger partial charge >= 0.3 is 0 Å². The molecule has 1 fully saturated rings. The molecule has 10 heteroatoms. The van der Waals surface area contributed by atoms with Crippen molar-refractivity contribution >= 4 is 51.7 Å². The highest BCUT2D eigenvalue weighted by molar-refractivity contribution is 6.31. The molecule has 0 bridgehead atoms. The van der Waals surface area contributed by atoms with Crippen molar-refractivity contribution in [2.45, 2.75) is 64.1 Å². The van der Waals surface area contributed by atoms with Gasteiger partial charge in [-0.15, -0.1) is 0 Å². The Kier molecular flexibility index (Phi) is 8.17. The average Bonchev–Trinajstić information content (AvgIpc) is 3.51. The van der Waals surface area contributed by atoms with Crippen LogP contribution in [0.1, 0.15) is 56.5 Å². The van der Waals surface area contributed by atoms with E-state index < -0.39 is 41.3 Å². The fourth-order valence-corrected chi connectivity index (χ4v) is 6.56. The zero-order valence-electron chi connectivity index (χ0n) is 25.5. The Morgan fingerprint density at radius 3 is 2.59 bits per heavy atom. The van der Waals surface area contributed by atoms with Crippen LogP contribution in [0.15, 0.2) is 60.7 Å². The molecule has 3 aromatic carbocycles. The number of hydrogen-bond acceptors (Lipinski definition) is 5. The van der Waals surface area contributed by atoms with Crippen LogP contribution in [0.5, 0.6) is 0 Å². The van der Waals surface area contributed by atoms with Gasteiger partial charge in [-0.05, 0) is 59.4 Å². The molecule has 0 unspecified atom stereocenters. The lowest BCUT2D eigenvalue weighted by Gasteiger charge is -2.36. The molecule has 2 heterocycles. The number of hydrogen-bond donors (Lipinski definition) is 2. The van der Waals surface area contributed by atoms with Crippen LogP contribution in [0.2, 0.25) is 5.02 Å². The van der Waals surface area contributed by atoms with Crippen molar-refractivity contribution in [3.05, 3.63) is 76.8 Å². The molecule has 4 amide bonds. The molecule has 228 valence electrons. The van der Waals surface area contributed by atoms with Crippen molar-refractivity contribution in [2.75, 3.05) is 18.9 Å². The summed E-state index contributed by atoms with van der Waals surface area (Å²) in [4.78, 5) is 57.5. The number of fused-ring (bicyclic) bond motifs is 3. The number of nitrogens with one attached hydrogen (secondary N) is 2. The minimum Gasteiger partial charge on any atom is -0.341 e. The molecule has 0 radical (unpaired) electrons. The number of para-hydroxylation sites is 1. The van der Waals surface area contributed by atoms with E-state index in [1.165, 1.54) is 9.80 Å². The van der Waals surface area contributed by atoms with Crippen LogP contribution in [0.4, 0.5) is 5.69 Å². The van der Waals surface area contributed by atoms with Crippen LogP contribution in [0.25, 0.3) is 10.8 Å². The number of benzene rings is 3. The van der Waals surface area contributed by atoms with Crippen LogP contribution in [0, 0.1) is 16.7 Å². The molecule has 0 aromatic heterocycles. The van der Waals surface area contributed by atoms with E-state index in [-0.39, 0.29) is 24.3 Å². The summed E-state index contributed by atoms with van der Waals surface area (Å²) in [6.45, 7) is 7.52. The summed E-state index contributed by atoms with van der Waals surface area (Å²) in [5.74, 6) is -1.54. The number of nitriles is 1. The van der Waals surface area contributed by atoms with E-state index in [9.17, 15) is 24.4 Å². The zero-order valence-corrected chi connectivity index (χ0v) is 26.2. The summed E-state index contributed by atoms with van der Waals surface area (Å²) in [6, 6.07) is 17.4. The highest BCUT2D eigenvalue weighted by Gasteiger charge is 2.57. The van der Waals surface area contributed by atoms with E-state index in [0.29, 0.717) is 28.1 Å². The van der Waals surface area contributed by atoms with Gasteiger partial charge in [0, 0.05) is 36.3 Å². The predicted molar refractivity (Wildman–Crippen MR) is 169 cm³/mol. The van der Waals surface area contributed by atoms with Crippen molar-refractivity contribution in [1.82, 2.24) is 15.1 Å². The number of anilines is 1. The number of nitrogens with zero attached hydrogens (tertiary/aromatic N) is 3. The first-order valence-corrected chi connectivity index (χ1v) is 15.0. The van der Waals surface area contributed by atoms with Gasteiger partial charge in [0.15, 0.2) is 0 Å². The molecular weight excluding hydrogens is 578 g/mol. The molecule has 5 rings (SSSR count). The van der Waals surface area contributed by atoms with Crippen LogP contribution in [-0.2, 0) is 19.8 Å². The van der Waals surface area contributed by atoms with Gasteiger partial charge in [-0.25, -0.2) is 0 Å². The fourth-order valence-electron chi connectivity index (χ4n) is 6.39. The number of likely N-dealkylation sites (N-methyl/N-ethyl adjacent to an activating group) is 1. The number of likely N-dealkylation sites (tertiary alicyclic amines) is 1. The first-order chi connectivity index (χ1) is 20.8. The van der Waals surface area contributed by atoms with Crippen molar-refractivity contribution in [2.24, 2.45) is 5.41 Å². The summed E-state index contributed by atoms with van der Waals surface area (Å²) < 4.78 is 0. The van der Waals surface area contributed by atoms with Gasteiger partial charge in [-0.2, -0.15) is 5.26 Å². The number of amides is 4. The Morgan fingerprint density at radius 1 is 1.16 bits per heavy atom. The standard InChI is InChI=1S/C34H36ClN5O4/c1-20(37-29(41)24-10-8-9-21-13-14-22(35)15-25(21)24)30(42)39(5)28(17-33(2,3)4)31(43)40-19-34(16-23(40)18-36)26-11-6-7-12-27(26)38-32(34)44/h6-15,20,23,28H,16-17,19H2,1-5H3,(H,37,41)(H,38,44)/t20-,23-,28-,34-/m0/s1. The molecule has 0 saturated carbocycles. The molecule has 1 spiro atoms. The first kappa shape index (κ1) is 31.0. The van der Waals surface area contributed by atoms with Crippen molar-refractivity contribution in [3.8, 4) is 6.07 Å². The molecule has 2 aliphatic rings. The second kappa shape index (κ2) is 11.6. The number of carbonyl (C=O) groups is 4. The first-order valence-electron chi connectivity index (χ1n) is 14.6. The monoisotopic (exact) mass is 613 g/mol. The Hall–Kier alpha value is -4.42. The quantitative estimate of drug-likeness (QED) is 0.410. The summed E-state index contributed by atoms with van der Waals surface area (Å²) in [5, 5.41) is 17.8. The van der Waals surface area contributed by atoms with Gasteiger partial charge in [0.1, 0.15) is 18.1 Å². The molecule has 2 aliphatic heterocycles. The highest BCUT2D eigenvalue weighted by Crippen LogP contribution is 2.46. The Labute approximate surface area is 262 Å². The SMILES string of the molecule is C[C@H](NC(=O)c1cccc2ccc(Cl)cc12)C(=O)N(C)[C@@H](CC(C)(C)C)C(=O)N1C[C@]2(C[C@H]1C#N)C(=O)Nc1ccccc12. The molecule has 1 saturated heterocycles. The largest absolute Gasteiger partial charge is 0.341 e. The van der Waals surface area contributed by atoms with Crippen LogP contribution in [0.3, 0.4) is 0 Å². The van der Waals surface area contributed by atoms with E-state index in [0.717, 1.165) is 10.9 Å². The van der Waals surface area contributed by atoms with Gasteiger partial charge in [-0.1, -0.05) is 68.8 Å². The molecule has 4 atom stereocenters. The van der Waals surface area contributed by atoms with Crippen LogP contribution in [-0.4, -0.2) is 65.1 Å². The summed E-state index contributed by atoms with van der Waals surface area (Å²) in [6.07, 6.45) is 0.473. The second-order valence-corrected chi connectivity index (χ2v) is 13.4. The smallest absolute Gasteiger partial charge is 0.252 e. The maximum absolute atomic E-state index is 14.3. The molecule has 9 nitrogen and oxygen atoms in total. The minimum atomic E-state index is -1.04. The van der Waals surface area contributed by atoms with Crippen molar-refractivity contribution < 1.29 is 19.2 Å². The van der Waals surface area contributed by atoms with Gasteiger partial charge in [0.2, 0.25) is 17.7 Å². The number of carbonyl (C=O) groups excluding carboxylic acids is 4. The maximum atomic E-state index is 14.3. The van der Waals surface area contributed by atoms with Crippen LogP contribution >= 0.6 is 11.6 Å². The number of rotatable bonds is 6. The Morgan fingerprint density at radius 2 is 1.89 bits per heavy atom. The van der Waals surface area contributed by atoms with Gasteiger partial charge < -0.3 is 20.4 Å². The topological polar surface area (TPSA) is 123 Å². The van der Waals surface area contributed by atoms with Gasteiger partial charge in [0.05, 0.1) is 11.5 Å². The zero-order chi connectivity index (χ0) is 32.0. The third kappa shape index (κ3) is 5.62. The third-order valence-electron chi connectivity index (χ3n) is 8.63. The molecular formula is C34H36ClN5O4. The van der Waals surface area contributed by atoms with E-state index in [2.05, 4.69) is 16.7 Å². The lowest BCUT2D eigenvalue weighted by atomic mass is 9.80. The van der Waals surface area contributed by atoms with Gasteiger partial charge in [-0.3, -0.25) is 19.2 Å². The molecule has 44 heavy (non-hydrogen) atoms. The van der Waals surface area contributed by atoms with E-state index in [1.807, 2.05) is 57.2 Å². The van der Waals surface area contributed by atoms with Crippen molar-refractivity contribution in [3.63, 3.8) is 0 Å². The lowest BCUT2D eigenvalue weighted by Crippen LogP contribution is -2.56. The Bertz CT molecular complexity index is 1710. The van der Waals surface area contributed by atoms with Gasteiger partial charge in [0.25, 0.3) is 5.91 Å². The molecule has 2 N–H and O–H groups in total. The second-order valence-electron chi connectivity index (χ2n) is 13.0. The predicted octanol–water partition coefficient (Wildman–Crippen LogP) is 4.89. The van der Waals surface area contributed by atoms with Crippen LogP contribution < -0.4 is 10.6 Å². The normalized spacial score (nSPS) is 20.5. The summed E-state index contributed by atoms with van der Waals surface area (Å²) in [7, 11) is 1.54. The molecule has 0 aliphatic carbocycles. The lowest BCUT2D eigenvalue weighted by molar-refractivity contribution is -0.146. The minimum absolute atomic E-state index is 0.0332. The fraction of sp³-hybridized carbons (Fsp3) is 0.382. The maximum Gasteiger partial charge on any atom is 0.252 e. The summed E-state index contributed by atoms with van der Waals surface area (Å²) in [5.41, 5.74) is 0.428. The number of halogens is 1. The average molecular weight is 614 g/mol.